The van der Waals surface area contributed by atoms with E-state index in [4.69, 9.17) is 0 Å². The summed E-state index contributed by atoms with van der Waals surface area (Å²) < 4.78 is 2.91. The molecule has 0 atom stereocenters. The predicted molar refractivity (Wildman–Crippen MR) is 76.8 cm³/mol. The van der Waals surface area contributed by atoms with Crippen molar-refractivity contribution in [3.05, 3.63) is 64.6 Å². The molecule has 0 bridgehead atoms. The lowest BCUT2D eigenvalue weighted by atomic mass is 10.2. The van der Waals surface area contributed by atoms with Crippen molar-refractivity contribution in [3.8, 4) is 5.88 Å². The highest BCUT2D eigenvalue weighted by molar-refractivity contribution is 9.10. The van der Waals surface area contributed by atoms with Crippen molar-refractivity contribution < 1.29 is 5.11 Å². The van der Waals surface area contributed by atoms with Crippen LogP contribution in [-0.4, -0.2) is 9.67 Å². The number of nitrogens with zero attached hydrogens (tertiary/aromatic N) is 1. The first kappa shape index (κ1) is 11.4. The first-order chi connectivity index (χ1) is 8.75. The zero-order valence-corrected chi connectivity index (χ0v) is 11.3. The van der Waals surface area contributed by atoms with Gasteiger partial charge in [0.1, 0.15) is 0 Å². The van der Waals surface area contributed by atoms with Gasteiger partial charge in [0.2, 0.25) is 0 Å². The summed E-state index contributed by atoms with van der Waals surface area (Å²) in [7, 11) is 0. The highest BCUT2D eigenvalue weighted by Crippen LogP contribution is 2.31. The molecule has 1 aromatic heterocycles. The number of aromatic nitrogens is 1. The summed E-state index contributed by atoms with van der Waals surface area (Å²) in [6.45, 7) is 0.665. The van der Waals surface area contributed by atoms with E-state index >= 15 is 0 Å². The van der Waals surface area contributed by atoms with E-state index in [0.717, 1.165) is 15.4 Å². The first-order valence-electron chi connectivity index (χ1n) is 5.76. The van der Waals surface area contributed by atoms with Crippen molar-refractivity contribution in [1.82, 2.24) is 4.57 Å². The minimum absolute atomic E-state index is 0.292. The molecule has 18 heavy (non-hydrogen) atoms. The van der Waals surface area contributed by atoms with Gasteiger partial charge in [0.25, 0.3) is 0 Å². The summed E-state index contributed by atoms with van der Waals surface area (Å²) in [4.78, 5) is 0. The molecule has 0 unspecified atom stereocenters. The number of hydrogen-bond acceptors (Lipinski definition) is 1. The largest absolute Gasteiger partial charge is 0.494 e. The number of rotatable bonds is 2. The van der Waals surface area contributed by atoms with Crippen LogP contribution in [0.25, 0.3) is 10.9 Å². The molecule has 90 valence electrons. The number of halogens is 1. The molecule has 3 heteroatoms. The van der Waals surface area contributed by atoms with Crippen LogP contribution in [0.1, 0.15) is 5.56 Å². The maximum atomic E-state index is 10.1. The van der Waals surface area contributed by atoms with Gasteiger partial charge >= 0.3 is 0 Å². The number of fused-ring (bicyclic) bond motifs is 1. The summed E-state index contributed by atoms with van der Waals surface area (Å²) in [5.41, 5.74) is 2.19. The van der Waals surface area contributed by atoms with Crippen LogP contribution >= 0.6 is 15.9 Å². The van der Waals surface area contributed by atoms with Gasteiger partial charge < -0.3 is 9.67 Å². The van der Waals surface area contributed by atoms with E-state index in [2.05, 4.69) is 28.1 Å². The molecular weight excluding hydrogens is 290 g/mol. The van der Waals surface area contributed by atoms with Crippen molar-refractivity contribution >= 4 is 26.8 Å². The van der Waals surface area contributed by atoms with Crippen molar-refractivity contribution in [1.29, 1.82) is 0 Å². The van der Waals surface area contributed by atoms with Gasteiger partial charge in [-0.25, -0.2) is 0 Å². The molecule has 0 fully saturated rings. The molecule has 0 saturated heterocycles. The van der Waals surface area contributed by atoms with Crippen LogP contribution < -0.4 is 0 Å². The highest BCUT2D eigenvalue weighted by Gasteiger charge is 2.10. The minimum Gasteiger partial charge on any atom is -0.494 e. The van der Waals surface area contributed by atoms with Crippen LogP contribution in [0.3, 0.4) is 0 Å². The summed E-state index contributed by atoms with van der Waals surface area (Å²) in [6.07, 6.45) is 0. The van der Waals surface area contributed by atoms with Gasteiger partial charge in [-0.05, 0) is 27.6 Å². The van der Waals surface area contributed by atoms with Crippen molar-refractivity contribution in [2.24, 2.45) is 0 Å². The van der Waals surface area contributed by atoms with Crippen LogP contribution in [0.2, 0.25) is 0 Å². The quantitative estimate of drug-likeness (QED) is 0.755. The fourth-order valence-electron chi connectivity index (χ4n) is 2.19. The number of hydrogen-bond donors (Lipinski definition) is 1. The molecule has 0 saturated carbocycles. The normalized spacial score (nSPS) is 10.9. The number of benzene rings is 2. The topological polar surface area (TPSA) is 25.2 Å². The SMILES string of the molecule is Oc1cc2cccc(Br)c2n1Cc1ccccc1. The molecule has 0 aliphatic carbocycles. The third-order valence-electron chi connectivity index (χ3n) is 3.03. The molecule has 0 amide bonds. The van der Waals surface area contributed by atoms with Crippen LogP contribution in [0.5, 0.6) is 5.88 Å². The zero-order valence-electron chi connectivity index (χ0n) is 9.68. The second kappa shape index (κ2) is 4.50. The maximum absolute atomic E-state index is 10.1. The van der Waals surface area contributed by atoms with Gasteiger partial charge in [-0.3, -0.25) is 0 Å². The van der Waals surface area contributed by atoms with Crippen LogP contribution in [0, 0.1) is 0 Å². The lowest BCUT2D eigenvalue weighted by molar-refractivity contribution is 0.428. The van der Waals surface area contributed by atoms with Crippen LogP contribution in [-0.2, 0) is 6.54 Å². The second-order valence-electron chi connectivity index (χ2n) is 4.25. The Kier molecular flexibility index (Phi) is 2.84. The van der Waals surface area contributed by atoms with Gasteiger partial charge in [-0.2, -0.15) is 0 Å². The third kappa shape index (κ3) is 1.91. The number of aromatic hydroxyl groups is 1. The Morgan fingerprint density at radius 2 is 1.78 bits per heavy atom. The minimum atomic E-state index is 0.292. The smallest absolute Gasteiger partial charge is 0.192 e. The third-order valence-corrected chi connectivity index (χ3v) is 3.67. The Morgan fingerprint density at radius 1 is 1.00 bits per heavy atom. The Balaban J connectivity index is 2.14. The van der Waals surface area contributed by atoms with E-state index in [0.29, 0.717) is 12.4 Å². The first-order valence-corrected chi connectivity index (χ1v) is 6.55. The Hall–Kier alpha value is -1.74. The Bertz CT molecular complexity index is 688. The molecule has 3 aromatic rings. The van der Waals surface area contributed by atoms with E-state index in [1.54, 1.807) is 6.07 Å². The summed E-state index contributed by atoms with van der Waals surface area (Å²) in [6, 6.07) is 17.9. The van der Waals surface area contributed by atoms with E-state index in [1.165, 1.54) is 5.56 Å². The Labute approximate surface area is 114 Å². The van der Waals surface area contributed by atoms with Gasteiger partial charge in [-0.1, -0.05) is 42.5 Å². The lowest BCUT2D eigenvalue weighted by Crippen LogP contribution is -1.98. The molecule has 1 N–H and O–H groups in total. The van der Waals surface area contributed by atoms with Crippen molar-refractivity contribution in [2.45, 2.75) is 6.54 Å². The number of para-hydroxylation sites is 1. The Morgan fingerprint density at radius 3 is 2.56 bits per heavy atom. The monoisotopic (exact) mass is 301 g/mol. The molecule has 0 spiro atoms. The average molecular weight is 302 g/mol. The molecule has 0 radical (unpaired) electrons. The van der Waals surface area contributed by atoms with Gasteiger partial charge in [0.05, 0.1) is 12.1 Å². The molecule has 2 nitrogen and oxygen atoms in total. The van der Waals surface area contributed by atoms with Crippen LogP contribution in [0.15, 0.2) is 59.1 Å². The van der Waals surface area contributed by atoms with Crippen molar-refractivity contribution in [2.75, 3.05) is 0 Å². The van der Waals surface area contributed by atoms with E-state index in [-0.39, 0.29) is 0 Å². The van der Waals surface area contributed by atoms with E-state index in [1.807, 2.05) is 41.0 Å². The molecule has 0 aliphatic rings. The van der Waals surface area contributed by atoms with Crippen LogP contribution in [0.4, 0.5) is 0 Å². The molecule has 0 aliphatic heterocycles. The van der Waals surface area contributed by atoms with E-state index < -0.39 is 0 Å². The molecular formula is C15H12BrNO. The predicted octanol–water partition coefficient (Wildman–Crippen LogP) is 4.16. The van der Waals surface area contributed by atoms with Crippen molar-refractivity contribution in [3.63, 3.8) is 0 Å². The average Bonchev–Trinajstić information content (AvgIpc) is 2.69. The van der Waals surface area contributed by atoms with E-state index in [9.17, 15) is 5.11 Å². The van der Waals surface area contributed by atoms with Gasteiger partial charge in [0.15, 0.2) is 5.88 Å². The molecule has 1 heterocycles. The highest BCUT2D eigenvalue weighted by atomic mass is 79.9. The second-order valence-corrected chi connectivity index (χ2v) is 5.11. The molecule has 2 aromatic carbocycles. The fraction of sp³-hybridized carbons (Fsp3) is 0.0667. The molecule has 3 rings (SSSR count). The van der Waals surface area contributed by atoms with Gasteiger partial charge in [0, 0.05) is 15.9 Å². The maximum Gasteiger partial charge on any atom is 0.192 e. The standard InChI is InChI=1S/C15H12BrNO/c16-13-8-4-7-12-9-14(18)17(15(12)13)10-11-5-2-1-3-6-11/h1-9,18H,10H2. The zero-order chi connectivity index (χ0) is 12.5. The summed E-state index contributed by atoms with van der Waals surface area (Å²) >= 11 is 3.54. The lowest BCUT2D eigenvalue weighted by Gasteiger charge is -2.08. The van der Waals surface area contributed by atoms with Gasteiger partial charge in [-0.15, -0.1) is 0 Å². The summed E-state index contributed by atoms with van der Waals surface area (Å²) in [5.74, 6) is 0.292. The summed E-state index contributed by atoms with van der Waals surface area (Å²) in [5, 5.41) is 11.1. The fourth-order valence-corrected chi connectivity index (χ4v) is 2.79.